The number of alkyl carbamates (subject to hydrolysis) is 1. The second-order valence-corrected chi connectivity index (χ2v) is 26.5. The van der Waals surface area contributed by atoms with E-state index in [4.69, 9.17) is 15.2 Å². The number of likely N-dealkylation sites (N-methyl/N-ethyl adjacent to an activating group) is 2. The van der Waals surface area contributed by atoms with Crippen LogP contribution < -0.4 is 37.0 Å². The Morgan fingerprint density at radius 3 is 1.76 bits per heavy atom. The number of urea groups is 1. The molecule has 0 aliphatic heterocycles. The van der Waals surface area contributed by atoms with E-state index in [-0.39, 0.29) is 35.8 Å². The fraction of sp³-hybridized carbons (Fsp3) is 0.614. The number of primary amides is 1. The van der Waals surface area contributed by atoms with Gasteiger partial charge in [-0.15, -0.1) is 0 Å². The second kappa shape index (κ2) is 26.5. The van der Waals surface area contributed by atoms with Crippen molar-refractivity contribution >= 4 is 57.8 Å². The van der Waals surface area contributed by atoms with Crippen molar-refractivity contribution in [1.29, 1.82) is 0 Å². The standard InChI is InChI=1S/C57H89N9O12S/c1-34(2)41(65(17)49(71)43(53(6,7)8)62-48(70)44(66(18)52(74)78-55(12,13)14)56(15,16)37-23-20-19-21-24-37)33-36(5)45(67)64-79(75,76)39-28-26-38(27-29-39)57(30-31-57)63-46(68)40(25-22-32-59-50(58)72)60-47(69)42(35(3)4)61-51(73)77-54(9,10)11/h19-21,23-24,26-29,33-35,40-44H,22,25,30-32H2,1-18H3,(H,60,69)(H,61,73)(H,62,70)(H,63,68)(H,64,67)(H3,58,59,72)/b36-33+/t40-,41+,42-,43+,44+/m0/s1. The summed E-state index contributed by atoms with van der Waals surface area (Å²) < 4.78 is 40.7. The number of carbonyl (C=O) groups is 8. The van der Waals surface area contributed by atoms with Gasteiger partial charge in [0, 0.05) is 31.6 Å². The first-order chi connectivity index (χ1) is 36.1. The molecule has 0 bridgehead atoms. The highest BCUT2D eigenvalue weighted by Crippen LogP contribution is 2.46. The molecule has 0 radical (unpaired) electrons. The van der Waals surface area contributed by atoms with Crippen molar-refractivity contribution in [2.45, 2.75) is 194 Å². The molecule has 0 unspecified atom stereocenters. The SMILES string of the molecule is C/C(=C\[C@H](C(C)C)N(C)C(=O)[C@@H](NC(=O)[C@@H](N(C)C(=O)OC(C)(C)C)C(C)(C)c1ccccc1)C(C)(C)C)C(=O)NS(=O)(=O)c1ccc(C2(NC(=O)[C@H](CCCNC(N)=O)NC(=O)[C@@H](NC(=O)OC(C)(C)C)C(C)C)CC2)cc1. The summed E-state index contributed by atoms with van der Waals surface area (Å²) in [7, 11) is -1.44. The minimum Gasteiger partial charge on any atom is -0.444 e. The van der Waals surface area contributed by atoms with Crippen molar-refractivity contribution in [3.05, 3.63) is 77.4 Å². The van der Waals surface area contributed by atoms with Gasteiger partial charge in [0.25, 0.3) is 15.9 Å². The van der Waals surface area contributed by atoms with E-state index in [1.54, 1.807) is 83.2 Å². The largest absolute Gasteiger partial charge is 0.444 e. The monoisotopic (exact) mass is 1120 g/mol. The summed E-state index contributed by atoms with van der Waals surface area (Å²) in [5.41, 5.74) is 2.09. The van der Waals surface area contributed by atoms with Gasteiger partial charge in [-0.25, -0.2) is 27.5 Å². The minimum atomic E-state index is -4.47. The Balaban J connectivity index is 1.85. The summed E-state index contributed by atoms with van der Waals surface area (Å²) in [5.74, 6) is -3.93. The van der Waals surface area contributed by atoms with Gasteiger partial charge in [0.05, 0.1) is 16.5 Å². The van der Waals surface area contributed by atoms with Crippen LogP contribution in [0.3, 0.4) is 0 Å². The number of rotatable bonds is 23. The number of nitrogens with one attached hydrogen (secondary N) is 6. The van der Waals surface area contributed by atoms with Crippen LogP contribution in [-0.2, 0) is 54.4 Å². The average molecular weight is 1120 g/mol. The molecule has 22 heteroatoms. The maximum Gasteiger partial charge on any atom is 0.410 e. The van der Waals surface area contributed by atoms with Gasteiger partial charge < -0.3 is 46.7 Å². The van der Waals surface area contributed by atoms with Crippen molar-refractivity contribution < 1.29 is 56.2 Å². The normalized spacial score (nSPS) is 15.7. The summed E-state index contributed by atoms with van der Waals surface area (Å²) in [4.78, 5) is 111. The second-order valence-electron chi connectivity index (χ2n) is 24.8. The third-order valence-corrected chi connectivity index (χ3v) is 14.8. The molecule has 21 nitrogen and oxygen atoms in total. The van der Waals surface area contributed by atoms with Crippen LogP contribution >= 0.6 is 0 Å². The van der Waals surface area contributed by atoms with E-state index in [0.29, 0.717) is 18.4 Å². The number of ether oxygens (including phenoxy) is 2. The van der Waals surface area contributed by atoms with Crippen LogP contribution in [0.15, 0.2) is 71.1 Å². The van der Waals surface area contributed by atoms with Crippen LogP contribution in [-0.4, -0.2) is 128 Å². The third-order valence-electron chi connectivity index (χ3n) is 13.5. The van der Waals surface area contributed by atoms with E-state index in [1.165, 1.54) is 54.1 Å². The van der Waals surface area contributed by atoms with E-state index < -0.39 is 121 Å². The minimum absolute atomic E-state index is 0.00872. The molecule has 3 rings (SSSR count). The molecule has 0 spiro atoms. The maximum absolute atomic E-state index is 14.7. The fourth-order valence-corrected chi connectivity index (χ4v) is 9.94. The highest BCUT2D eigenvalue weighted by atomic mass is 32.2. The predicted octanol–water partition coefficient (Wildman–Crippen LogP) is 6.25. The first-order valence-corrected chi connectivity index (χ1v) is 28.2. The van der Waals surface area contributed by atoms with E-state index in [9.17, 15) is 46.8 Å². The van der Waals surface area contributed by atoms with E-state index in [0.717, 1.165) is 5.56 Å². The molecule has 440 valence electrons. The first kappa shape index (κ1) is 66.6. The summed E-state index contributed by atoms with van der Waals surface area (Å²) in [5, 5.41) is 13.8. The topological polar surface area (TPSA) is 294 Å². The number of sulfonamides is 1. The molecule has 0 aromatic heterocycles. The molecule has 8 N–H and O–H groups in total. The Bertz CT molecular complexity index is 2650. The molecule has 2 aromatic rings. The van der Waals surface area contributed by atoms with Crippen LogP contribution in [0.1, 0.15) is 148 Å². The van der Waals surface area contributed by atoms with Crippen molar-refractivity contribution in [3.8, 4) is 0 Å². The molecule has 0 saturated heterocycles. The number of carbonyl (C=O) groups excluding carboxylic acids is 8. The Morgan fingerprint density at radius 1 is 0.722 bits per heavy atom. The van der Waals surface area contributed by atoms with Gasteiger partial charge in [-0.3, -0.25) is 28.9 Å². The smallest absolute Gasteiger partial charge is 0.410 e. The zero-order valence-corrected chi connectivity index (χ0v) is 50.4. The number of amides is 9. The number of hydrogen-bond acceptors (Lipinski definition) is 12. The molecular formula is C57H89N9O12S. The summed E-state index contributed by atoms with van der Waals surface area (Å²) in [6.45, 7) is 27.9. The maximum atomic E-state index is 14.7. The number of nitrogens with zero attached hydrogens (tertiary/aromatic N) is 2. The highest BCUT2D eigenvalue weighted by Gasteiger charge is 2.48. The lowest BCUT2D eigenvalue weighted by Crippen LogP contribution is -2.63. The van der Waals surface area contributed by atoms with Crippen LogP contribution in [0.2, 0.25) is 0 Å². The molecule has 79 heavy (non-hydrogen) atoms. The van der Waals surface area contributed by atoms with Crippen molar-refractivity contribution in [2.24, 2.45) is 23.0 Å². The van der Waals surface area contributed by atoms with Crippen LogP contribution in [0.4, 0.5) is 14.4 Å². The van der Waals surface area contributed by atoms with Crippen molar-refractivity contribution in [1.82, 2.24) is 41.1 Å². The molecule has 9 amide bonds. The predicted molar refractivity (Wildman–Crippen MR) is 301 cm³/mol. The van der Waals surface area contributed by atoms with Crippen LogP contribution in [0.25, 0.3) is 0 Å². The van der Waals surface area contributed by atoms with Gasteiger partial charge in [-0.1, -0.05) is 111 Å². The summed E-state index contributed by atoms with van der Waals surface area (Å²) in [6.07, 6.45) is 1.27. The molecule has 5 atom stereocenters. The lowest BCUT2D eigenvalue weighted by Gasteiger charge is -2.42. The molecular weight excluding hydrogens is 1030 g/mol. The van der Waals surface area contributed by atoms with E-state index in [2.05, 4.69) is 31.3 Å². The molecule has 1 saturated carbocycles. The number of hydrogen-bond donors (Lipinski definition) is 7. The molecule has 0 heterocycles. The molecule has 1 fully saturated rings. The van der Waals surface area contributed by atoms with Crippen molar-refractivity contribution in [3.63, 3.8) is 0 Å². The van der Waals surface area contributed by atoms with Gasteiger partial charge in [0.2, 0.25) is 23.6 Å². The number of benzene rings is 2. The lowest BCUT2D eigenvalue weighted by atomic mass is 9.76. The van der Waals surface area contributed by atoms with E-state index in [1.807, 2.05) is 58.0 Å². The van der Waals surface area contributed by atoms with Crippen molar-refractivity contribution in [2.75, 3.05) is 20.6 Å². The third kappa shape index (κ3) is 19.3. The Kier molecular flexibility index (Phi) is 22.3. The molecule has 1 aliphatic rings. The zero-order chi connectivity index (χ0) is 60.4. The molecule has 2 aromatic carbocycles. The zero-order valence-electron chi connectivity index (χ0n) is 49.6. The summed E-state index contributed by atoms with van der Waals surface area (Å²) >= 11 is 0. The average Bonchev–Trinajstić information content (AvgIpc) is 4.10. The molecule has 1 aliphatic carbocycles. The Hall–Kier alpha value is -6.71. The van der Waals surface area contributed by atoms with Gasteiger partial charge in [-0.2, -0.15) is 0 Å². The highest BCUT2D eigenvalue weighted by molar-refractivity contribution is 7.90. The van der Waals surface area contributed by atoms with Crippen LogP contribution in [0.5, 0.6) is 0 Å². The fourth-order valence-electron chi connectivity index (χ4n) is 8.92. The Labute approximate surface area is 468 Å². The van der Waals surface area contributed by atoms with Gasteiger partial charge in [-0.05, 0) is 115 Å². The number of nitrogens with two attached hydrogens (primary N) is 1. The quantitative estimate of drug-likeness (QED) is 0.0480. The van der Waals surface area contributed by atoms with Gasteiger partial charge in [0.1, 0.15) is 35.4 Å². The van der Waals surface area contributed by atoms with Crippen LogP contribution in [0, 0.1) is 17.3 Å². The first-order valence-electron chi connectivity index (χ1n) is 26.7. The van der Waals surface area contributed by atoms with E-state index >= 15 is 0 Å². The van der Waals surface area contributed by atoms with Gasteiger partial charge >= 0.3 is 18.2 Å². The van der Waals surface area contributed by atoms with Gasteiger partial charge in [0.15, 0.2) is 0 Å². The summed E-state index contributed by atoms with van der Waals surface area (Å²) in [6, 6.07) is 8.91. The Morgan fingerprint density at radius 2 is 1.28 bits per heavy atom. The lowest BCUT2D eigenvalue weighted by molar-refractivity contribution is -0.141.